The second-order valence-electron chi connectivity index (χ2n) is 4.25. The molecule has 100 valence electrons. The van der Waals surface area contributed by atoms with Crippen molar-refractivity contribution in [2.24, 2.45) is 5.73 Å². The van der Waals surface area contributed by atoms with Gasteiger partial charge in [0.1, 0.15) is 5.82 Å². The number of hydrogen-bond donors (Lipinski definition) is 2. The minimum Gasteiger partial charge on any atom is -0.388 e. The van der Waals surface area contributed by atoms with Gasteiger partial charge in [0.05, 0.1) is 11.1 Å². The zero-order chi connectivity index (χ0) is 13.8. The van der Waals surface area contributed by atoms with Crippen LogP contribution in [0.3, 0.4) is 0 Å². The van der Waals surface area contributed by atoms with E-state index in [0.29, 0.717) is 5.56 Å². The first-order valence-electron chi connectivity index (χ1n) is 5.86. The van der Waals surface area contributed by atoms with Crippen molar-refractivity contribution in [3.05, 3.63) is 64.7 Å². The van der Waals surface area contributed by atoms with Crippen molar-refractivity contribution in [2.75, 3.05) is 6.54 Å². The molecule has 0 aliphatic heterocycles. The summed E-state index contributed by atoms with van der Waals surface area (Å²) in [6.07, 6.45) is 2.46. The molecule has 3 N–H and O–H groups in total. The summed E-state index contributed by atoms with van der Waals surface area (Å²) in [6.45, 7) is 0.252. The van der Waals surface area contributed by atoms with Crippen LogP contribution in [-0.4, -0.2) is 16.6 Å². The van der Waals surface area contributed by atoms with E-state index in [0.717, 1.165) is 5.56 Å². The Morgan fingerprint density at radius 1 is 1.32 bits per heavy atom. The van der Waals surface area contributed by atoms with Gasteiger partial charge < -0.3 is 10.8 Å². The fraction of sp³-hybridized carbons (Fsp3) is 0.214. The summed E-state index contributed by atoms with van der Waals surface area (Å²) >= 11 is 5.72. The molecule has 1 aromatic carbocycles. The van der Waals surface area contributed by atoms with E-state index in [1.165, 1.54) is 18.2 Å². The van der Waals surface area contributed by atoms with Crippen LogP contribution in [0.5, 0.6) is 0 Å². The van der Waals surface area contributed by atoms with Gasteiger partial charge in [-0.1, -0.05) is 23.7 Å². The van der Waals surface area contributed by atoms with Gasteiger partial charge in [0.2, 0.25) is 0 Å². The quantitative estimate of drug-likeness (QED) is 0.905. The Hall–Kier alpha value is -1.49. The standard InChI is InChI=1S/C14H14ClFN2O/c15-12-6-9(3-4-13(12)16)14(19)11(7-17)10-2-1-5-18-8-10/h1-6,8,11,14,19H,7,17H2. The van der Waals surface area contributed by atoms with E-state index in [-0.39, 0.29) is 17.5 Å². The molecule has 5 heteroatoms. The van der Waals surface area contributed by atoms with Crippen LogP contribution in [0.25, 0.3) is 0 Å². The maximum atomic E-state index is 13.1. The molecular weight excluding hydrogens is 267 g/mol. The van der Waals surface area contributed by atoms with Crippen molar-refractivity contribution in [3.63, 3.8) is 0 Å². The lowest BCUT2D eigenvalue weighted by atomic mass is 9.90. The third-order valence-corrected chi connectivity index (χ3v) is 3.32. The molecule has 0 fully saturated rings. The summed E-state index contributed by atoms with van der Waals surface area (Å²) in [5.74, 6) is -0.821. The number of aromatic nitrogens is 1. The Balaban J connectivity index is 2.30. The number of aliphatic hydroxyl groups is 1. The molecule has 1 aromatic heterocycles. The molecule has 1 heterocycles. The molecule has 3 nitrogen and oxygen atoms in total. The first-order chi connectivity index (χ1) is 9.13. The van der Waals surface area contributed by atoms with Crippen LogP contribution in [0.4, 0.5) is 4.39 Å². The molecule has 0 saturated heterocycles. The summed E-state index contributed by atoms with van der Waals surface area (Å²) in [6, 6.07) is 7.78. The summed E-state index contributed by atoms with van der Waals surface area (Å²) in [7, 11) is 0. The maximum absolute atomic E-state index is 13.1. The number of nitrogens with zero attached hydrogens (tertiary/aromatic N) is 1. The molecule has 0 bridgehead atoms. The lowest BCUT2D eigenvalue weighted by molar-refractivity contribution is 0.147. The number of hydrogen-bond acceptors (Lipinski definition) is 3. The van der Waals surface area contributed by atoms with E-state index in [9.17, 15) is 9.50 Å². The lowest BCUT2D eigenvalue weighted by Gasteiger charge is -2.22. The van der Waals surface area contributed by atoms with Gasteiger partial charge in [-0.25, -0.2) is 4.39 Å². The van der Waals surface area contributed by atoms with Gasteiger partial charge >= 0.3 is 0 Å². The number of nitrogens with two attached hydrogens (primary N) is 1. The first-order valence-corrected chi connectivity index (χ1v) is 6.24. The summed E-state index contributed by atoms with van der Waals surface area (Å²) in [5.41, 5.74) is 7.08. The molecule has 0 radical (unpaired) electrons. The van der Waals surface area contributed by atoms with Crippen LogP contribution in [0, 0.1) is 5.82 Å². The number of pyridine rings is 1. The van der Waals surface area contributed by atoms with E-state index in [4.69, 9.17) is 17.3 Å². The van der Waals surface area contributed by atoms with Gasteiger partial charge in [0.25, 0.3) is 0 Å². The lowest BCUT2D eigenvalue weighted by Crippen LogP contribution is -2.20. The molecule has 2 aromatic rings. The highest BCUT2D eigenvalue weighted by Crippen LogP contribution is 2.31. The Kier molecular flexibility index (Phi) is 4.47. The molecule has 0 amide bonds. The van der Waals surface area contributed by atoms with Crippen molar-refractivity contribution < 1.29 is 9.50 Å². The topological polar surface area (TPSA) is 59.1 Å². The van der Waals surface area contributed by atoms with Gasteiger partial charge in [-0.2, -0.15) is 0 Å². The van der Waals surface area contributed by atoms with Gasteiger partial charge in [0, 0.05) is 24.9 Å². The predicted octanol–water partition coefficient (Wildman–Crippen LogP) is 2.65. The molecule has 19 heavy (non-hydrogen) atoms. The Morgan fingerprint density at radius 2 is 2.11 bits per heavy atom. The van der Waals surface area contributed by atoms with Gasteiger partial charge in [0.15, 0.2) is 0 Å². The molecular formula is C14H14ClFN2O. The van der Waals surface area contributed by atoms with Gasteiger partial charge in [-0.3, -0.25) is 4.98 Å². The summed E-state index contributed by atoms with van der Waals surface area (Å²) in [4.78, 5) is 4.01. The highest BCUT2D eigenvalue weighted by atomic mass is 35.5. The van der Waals surface area contributed by atoms with Crippen molar-refractivity contribution in [3.8, 4) is 0 Å². The molecule has 2 unspecified atom stereocenters. The fourth-order valence-corrected chi connectivity index (χ4v) is 2.16. The second kappa shape index (κ2) is 6.10. The van der Waals surface area contributed by atoms with Crippen molar-refractivity contribution in [2.45, 2.75) is 12.0 Å². The van der Waals surface area contributed by atoms with Crippen molar-refractivity contribution in [1.29, 1.82) is 0 Å². The SMILES string of the molecule is NCC(c1cccnc1)C(O)c1ccc(F)c(Cl)c1. The minimum absolute atomic E-state index is 0.0153. The average molecular weight is 281 g/mol. The first kappa shape index (κ1) is 13.9. The third-order valence-electron chi connectivity index (χ3n) is 3.03. The number of rotatable bonds is 4. The molecule has 0 aliphatic rings. The van der Waals surface area contributed by atoms with Crippen LogP contribution in [0.15, 0.2) is 42.7 Å². The van der Waals surface area contributed by atoms with E-state index in [2.05, 4.69) is 4.98 Å². The van der Waals surface area contributed by atoms with Crippen LogP contribution in [-0.2, 0) is 0 Å². The van der Waals surface area contributed by atoms with Gasteiger partial charge in [-0.05, 0) is 29.3 Å². The number of benzene rings is 1. The zero-order valence-corrected chi connectivity index (χ0v) is 10.9. The smallest absolute Gasteiger partial charge is 0.141 e. The molecule has 0 spiro atoms. The molecule has 0 saturated carbocycles. The highest BCUT2D eigenvalue weighted by molar-refractivity contribution is 6.30. The number of halogens is 2. The van der Waals surface area contributed by atoms with Gasteiger partial charge in [-0.15, -0.1) is 0 Å². The monoisotopic (exact) mass is 280 g/mol. The third kappa shape index (κ3) is 3.10. The summed E-state index contributed by atoms with van der Waals surface area (Å²) < 4.78 is 13.1. The predicted molar refractivity (Wildman–Crippen MR) is 72.4 cm³/mol. The molecule has 2 atom stereocenters. The van der Waals surface area contributed by atoms with Crippen LogP contribution >= 0.6 is 11.6 Å². The van der Waals surface area contributed by atoms with E-state index >= 15 is 0 Å². The largest absolute Gasteiger partial charge is 0.388 e. The molecule has 2 rings (SSSR count). The van der Waals surface area contributed by atoms with Crippen molar-refractivity contribution in [1.82, 2.24) is 4.98 Å². The molecule has 0 aliphatic carbocycles. The fourth-order valence-electron chi connectivity index (χ4n) is 1.97. The Labute approximate surface area is 115 Å². The maximum Gasteiger partial charge on any atom is 0.141 e. The average Bonchev–Trinajstić information content (AvgIpc) is 2.44. The second-order valence-corrected chi connectivity index (χ2v) is 4.65. The Morgan fingerprint density at radius 3 is 2.68 bits per heavy atom. The van der Waals surface area contributed by atoms with Crippen LogP contribution < -0.4 is 5.73 Å². The Bertz CT molecular complexity index is 550. The normalized spacial score (nSPS) is 14.1. The van der Waals surface area contributed by atoms with Crippen LogP contribution in [0.1, 0.15) is 23.1 Å². The minimum atomic E-state index is -0.854. The van der Waals surface area contributed by atoms with Crippen LogP contribution in [0.2, 0.25) is 5.02 Å². The highest BCUT2D eigenvalue weighted by Gasteiger charge is 2.22. The van der Waals surface area contributed by atoms with E-state index < -0.39 is 11.9 Å². The van der Waals surface area contributed by atoms with E-state index in [1.807, 2.05) is 6.07 Å². The summed E-state index contributed by atoms with van der Waals surface area (Å²) in [5, 5.41) is 10.3. The zero-order valence-electron chi connectivity index (χ0n) is 10.1. The van der Waals surface area contributed by atoms with E-state index in [1.54, 1.807) is 18.5 Å². The number of aliphatic hydroxyl groups excluding tert-OH is 1. The van der Waals surface area contributed by atoms with Crippen molar-refractivity contribution >= 4 is 11.6 Å².